The SMILES string of the molecule is CCOC(=O)c1[nH]c2c(c1C)C(=O)C[C@@H](c1ccc(CC)cc1)C2. The van der Waals surface area contributed by atoms with Gasteiger partial charge in [-0.2, -0.15) is 0 Å². The van der Waals surface area contributed by atoms with E-state index in [4.69, 9.17) is 4.74 Å². The number of H-pyrrole nitrogens is 1. The molecule has 1 aliphatic carbocycles. The average Bonchev–Trinajstić information content (AvgIpc) is 2.92. The summed E-state index contributed by atoms with van der Waals surface area (Å²) >= 11 is 0. The van der Waals surface area contributed by atoms with Crippen molar-refractivity contribution in [3.63, 3.8) is 0 Å². The van der Waals surface area contributed by atoms with Gasteiger partial charge >= 0.3 is 5.97 Å². The highest BCUT2D eigenvalue weighted by Crippen LogP contribution is 2.35. The number of benzene rings is 1. The van der Waals surface area contributed by atoms with Gasteiger partial charge in [-0.25, -0.2) is 4.79 Å². The molecule has 0 aliphatic heterocycles. The molecule has 1 N–H and O–H groups in total. The largest absolute Gasteiger partial charge is 0.461 e. The number of fused-ring (bicyclic) bond motifs is 1. The lowest BCUT2D eigenvalue weighted by Gasteiger charge is -2.22. The Morgan fingerprint density at radius 3 is 2.54 bits per heavy atom. The predicted molar refractivity (Wildman–Crippen MR) is 92.7 cm³/mol. The highest BCUT2D eigenvalue weighted by atomic mass is 16.5. The van der Waals surface area contributed by atoms with Gasteiger partial charge in [0.1, 0.15) is 5.69 Å². The Labute approximate surface area is 142 Å². The number of aromatic amines is 1. The number of nitrogens with one attached hydrogen (secondary N) is 1. The predicted octanol–water partition coefficient (Wildman–Crippen LogP) is 3.97. The quantitative estimate of drug-likeness (QED) is 0.865. The van der Waals surface area contributed by atoms with Gasteiger partial charge in [0, 0.05) is 17.7 Å². The van der Waals surface area contributed by atoms with Gasteiger partial charge in [0.05, 0.1) is 6.61 Å². The molecule has 3 rings (SSSR count). The Hall–Kier alpha value is -2.36. The van der Waals surface area contributed by atoms with Crippen LogP contribution in [0.4, 0.5) is 0 Å². The fraction of sp³-hybridized carbons (Fsp3) is 0.400. The van der Waals surface area contributed by atoms with E-state index >= 15 is 0 Å². The topological polar surface area (TPSA) is 59.2 Å². The van der Waals surface area contributed by atoms with Crippen LogP contribution in [-0.2, 0) is 17.6 Å². The third kappa shape index (κ3) is 2.88. The maximum Gasteiger partial charge on any atom is 0.355 e. The van der Waals surface area contributed by atoms with E-state index in [2.05, 4.69) is 36.2 Å². The maximum absolute atomic E-state index is 12.6. The van der Waals surface area contributed by atoms with Crippen molar-refractivity contribution in [3.05, 3.63) is 57.9 Å². The number of Topliss-reactive ketones (excluding diaryl/α,β-unsaturated/α-hetero) is 1. The molecule has 2 aromatic rings. The second-order valence-corrected chi connectivity index (χ2v) is 6.32. The Bertz CT molecular complexity index is 771. The number of carbonyl (C=O) groups excluding carboxylic acids is 2. The number of aromatic nitrogens is 1. The Morgan fingerprint density at radius 1 is 1.21 bits per heavy atom. The molecular weight excluding hydrogens is 302 g/mol. The van der Waals surface area contributed by atoms with Gasteiger partial charge < -0.3 is 9.72 Å². The maximum atomic E-state index is 12.6. The highest BCUT2D eigenvalue weighted by Gasteiger charge is 2.32. The third-order valence-electron chi connectivity index (χ3n) is 4.83. The van der Waals surface area contributed by atoms with Crippen molar-refractivity contribution >= 4 is 11.8 Å². The first-order chi connectivity index (χ1) is 11.5. The Morgan fingerprint density at radius 2 is 1.92 bits per heavy atom. The van der Waals surface area contributed by atoms with Crippen LogP contribution in [0.1, 0.15) is 69.4 Å². The molecule has 4 heteroatoms. The second kappa shape index (κ2) is 6.63. The first-order valence-corrected chi connectivity index (χ1v) is 8.55. The monoisotopic (exact) mass is 325 g/mol. The van der Waals surface area contributed by atoms with E-state index in [9.17, 15) is 9.59 Å². The van der Waals surface area contributed by atoms with Crippen molar-refractivity contribution in [2.24, 2.45) is 0 Å². The molecule has 24 heavy (non-hydrogen) atoms. The van der Waals surface area contributed by atoms with E-state index in [0.29, 0.717) is 29.8 Å². The molecule has 0 bridgehead atoms. The summed E-state index contributed by atoms with van der Waals surface area (Å²) in [5.74, 6) is -0.129. The molecule has 126 valence electrons. The fourth-order valence-electron chi connectivity index (χ4n) is 3.50. The summed E-state index contributed by atoms with van der Waals surface area (Å²) in [7, 11) is 0. The van der Waals surface area contributed by atoms with Gasteiger partial charge in [0.2, 0.25) is 0 Å². The van der Waals surface area contributed by atoms with Crippen LogP contribution in [0.3, 0.4) is 0 Å². The number of hydrogen-bond acceptors (Lipinski definition) is 3. The lowest BCUT2D eigenvalue weighted by molar-refractivity contribution is 0.0519. The molecule has 0 saturated heterocycles. The summed E-state index contributed by atoms with van der Waals surface area (Å²) in [6, 6.07) is 8.48. The Balaban J connectivity index is 1.91. The summed E-state index contributed by atoms with van der Waals surface area (Å²) in [4.78, 5) is 27.8. The fourth-order valence-corrected chi connectivity index (χ4v) is 3.50. The summed E-state index contributed by atoms with van der Waals surface area (Å²) < 4.78 is 5.08. The number of ketones is 1. The summed E-state index contributed by atoms with van der Waals surface area (Å²) in [6.45, 7) is 6.04. The summed E-state index contributed by atoms with van der Waals surface area (Å²) in [5.41, 5.74) is 5.14. The standard InChI is InChI=1S/C20H23NO3/c1-4-13-6-8-14(9-7-13)15-10-16-18(17(22)11-15)12(3)19(21-16)20(23)24-5-2/h6-9,15,21H,4-5,10-11H2,1-3H3/t15-/m0/s1. The van der Waals surface area contributed by atoms with Crippen LogP contribution in [0.5, 0.6) is 0 Å². The van der Waals surface area contributed by atoms with Gasteiger partial charge in [0.15, 0.2) is 5.78 Å². The number of esters is 1. The molecule has 0 unspecified atom stereocenters. The van der Waals surface area contributed by atoms with Crippen molar-refractivity contribution in [2.75, 3.05) is 6.61 Å². The molecule has 0 amide bonds. The Kier molecular flexibility index (Phi) is 4.56. The van der Waals surface area contributed by atoms with Gasteiger partial charge in [-0.1, -0.05) is 31.2 Å². The van der Waals surface area contributed by atoms with E-state index in [0.717, 1.165) is 18.5 Å². The molecule has 0 saturated carbocycles. The smallest absolute Gasteiger partial charge is 0.355 e. The minimum Gasteiger partial charge on any atom is -0.461 e. The molecule has 1 aliphatic rings. The molecule has 1 atom stereocenters. The van der Waals surface area contributed by atoms with E-state index in [1.165, 1.54) is 11.1 Å². The summed E-state index contributed by atoms with van der Waals surface area (Å²) in [6.07, 6.45) is 2.24. The van der Waals surface area contributed by atoms with Crippen molar-refractivity contribution in [1.82, 2.24) is 4.98 Å². The molecule has 0 fully saturated rings. The molecule has 1 aromatic carbocycles. The van der Waals surface area contributed by atoms with Gasteiger partial charge in [-0.05, 0) is 49.3 Å². The minimum atomic E-state index is -0.388. The number of rotatable bonds is 4. The molecule has 1 aromatic heterocycles. The highest BCUT2D eigenvalue weighted by molar-refractivity contribution is 6.03. The number of hydrogen-bond donors (Lipinski definition) is 1. The van der Waals surface area contributed by atoms with Gasteiger partial charge in [-0.15, -0.1) is 0 Å². The third-order valence-corrected chi connectivity index (χ3v) is 4.83. The van der Waals surface area contributed by atoms with Crippen LogP contribution in [-0.4, -0.2) is 23.3 Å². The van der Waals surface area contributed by atoms with Crippen LogP contribution in [0.15, 0.2) is 24.3 Å². The molecule has 0 spiro atoms. The van der Waals surface area contributed by atoms with Gasteiger partial charge in [-0.3, -0.25) is 4.79 Å². The molecule has 4 nitrogen and oxygen atoms in total. The average molecular weight is 325 g/mol. The van der Waals surface area contributed by atoms with Crippen LogP contribution in [0, 0.1) is 6.92 Å². The lowest BCUT2D eigenvalue weighted by Crippen LogP contribution is -2.18. The lowest BCUT2D eigenvalue weighted by atomic mass is 9.81. The molecule has 0 radical (unpaired) electrons. The number of aryl methyl sites for hydroxylation is 1. The zero-order chi connectivity index (χ0) is 17.3. The number of carbonyl (C=O) groups is 2. The minimum absolute atomic E-state index is 0.102. The summed E-state index contributed by atoms with van der Waals surface area (Å²) in [5, 5.41) is 0. The molecular formula is C20H23NO3. The zero-order valence-electron chi connectivity index (χ0n) is 14.4. The second-order valence-electron chi connectivity index (χ2n) is 6.32. The van der Waals surface area contributed by atoms with Crippen molar-refractivity contribution in [3.8, 4) is 0 Å². The van der Waals surface area contributed by atoms with Crippen LogP contribution >= 0.6 is 0 Å². The van der Waals surface area contributed by atoms with Crippen molar-refractivity contribution < 1.29 is 14.3 Å². The van der Waals surface area contributed by atoms with Crippen molar-refractivity contribution in [2.45, 2.75) is 46.0 Å². The van der Waals surface area contributed by atoms with Crippen LogP contribution in [0.2, 0.25) is 0 Å². The van der Waals surface area contributed by atoms with E-state index in [1.54, 1.807) is 6.92 Å². The first kappa shape index (κ1) is 16.5. The normalized spacial score (nSPS) is 16.8. The zero-order valence-corrected chi connectivity index (χ0v) is 14.4. The van der Waals surface area contributed by atoms with E-state index in [-0.39, 0.29) is 17.7 Å². The van der Waals surface area contributed by atoms with Crippen LogP contribution in [0.25, 0.3) is 0 Å². The first-order valence-electron chi connectivity index (χ1n) is 8.55. The van der Waals surface area contributed by atoms with Crippen molar-refractivity contribution in [1.29, 1.82) is 0 Å². The van der Waals surface area contributed by atoms with E-state index < -0.39 is 0 Å². The van der Waals surface area contributed by atoms with Gasteiger partial charge in [0.25, 0.3) is 0 Å². The number of ether oxygens (including phenoxy) is 1. The van der Waals surface area contributed by atoms with E-state index in [1.807, 2.05) is 6.92 Å². The molecule has 1 heterocycles. The van der Waals surface area contributed by atoms with Crippen LogP contribution < -0.4 is 0 Å².